The van der Waals surface area contributed by atoms with Gasteiger partial charge in [0, 0.05) is 25.7 Å². The first-order chi connectivity index (χ1) is 17.6. The summed E-state index contributed by atoms with van der Waals surface area (Å²) in [6.45, 7) is 6.01. The molecule has 0 fully saturated rings. The molecule has 0 radical (unpaired) electrons. The van der Waals surface area contributed by atoms with Gasteiger partial charge in [0.15, 0.2) is 0 Å². The number of carbonyl (C=O) groups excluding carboxylic acids is 1. The van der Waals surface area contributed by atoms with E-state index >= 15 is 0 Å². The van der Waals surface area contributed by atoms with Gasteiger partial charge in [-0.15, -0.1) is 0 Å². The SMILES string of the molecule is C\C=C(/C=C(\C(=C\CC)C(=O)NC)C(F)(F)F)C1=CCN(Cc2ccc3nc(CC)c(=O)[nH]c3c2)OC1. The second-order valence-corrected chi connectivity index (χ2v) is 8.45. The molecular formula is C27H31F3N4O3. The van der Waals surface area contributed by atoms with Gasteiger partial charge in [-0.2, -0.15) is 18.2 Å². The fourth-order valence-corrected chi connectivity index (χ4v) is 4.00. The van der Waals surface area contributed by atoms with Crippen LogP contribution in [0.15, 0.2) is 69.6 Å². The van der Waals surface area contributed by atoms with Crippen LogP contribution in [0.3, 0.4) is 0 Å². The quantitative estimate of drug-likeness (QED) is 0.393. The van der Waals surface area contributed by atoms with Gasteiger partial charge in [-0.25, -0.2) is 4.98 Å². The molecule has 2 heterocycles. The highest BCUT2D eigenvalue weighted by Crippen LogP contribution is 2.34. The van der Waals surface area contributed by atoms with Crippen LogP contribution in [0.2, 0.25) is 0 Å². The number of likely N-dealkylation sites (N-methyl/N-ethyl adjacent to an activating group) is 1. The van der Waals surface area contributed by atoms with Crippen molar-refractivity contribution in [3.63, 3.8) is 0 Å². The van der Waals surface area contributed by atoms with Crippen molar-refractivity contribution >= 4 is 16.9 Å². The molecule has 2 aromatic rings. The number of H-pyrrole nitrogens is 1. The number of allylic oxidation sites excluding steroid dienone is 3. The summed E-state index contributed by atoms with van der Waals surface area (Å²) in [7, 11) is 1.30. The van der Waals surface area contributed by atoms with Crippen LogP contribution < -0.4 is 10.9 Å². The standard InChI is InChI=1S/C27H31F3N4O3/c1-5-8-20(25(35)31-4)21(27(28,29)30)14-18(6-2)19-11-12-34(37-16-19)15-17-9-10-23-24(13-17)33-26(36)22(7-3)32-23/h6,8-11,13-14H,5,7,12,15-16H2,1-4H3,(H,31,35)(H,33,36)/b18-6+,20-8-,21-14+. The first-order valence-corrected chi connectivity index (χ1v) is 12.1. The van der Waals surface area contributed by atoms with Crippen molar-refractivity contribution in [1.82, 2.24) is 20.3 Å². The number of alkyl halides is 3. The lowest BCUT2D eigenvalue weighted by molar-refractivity contribution is -0.156. The molecule has 0 saturated heterocycles. The van der Waals surface area contributed by atoms with Gasteiger partial charge in [-0.1, -0.05) is 38.1 Å². The van der Waals surface area contributed by atoms with Crippen molar-refractivity contribution < 1.29 is 22.8 Å². The molecule has 37 heavy (non-hydrogen) atoms. The lowest BCUT2D eigenvalue weighted by Gasteiger charge is -2.27. The average molecular weight is 517 g/mol. The molecule has 198 valence electrons. The molecule has 0 bridgehead atoms. The summed E-state index contributed by atoms with van der Waals surface area (Å²) in [6, 6.07) is 5.56. The Morgan fingerprint density at radius 2 is 2.05 bits per heavy atom. The van der Waals surface area contributed by atoms with Crippen LogP contribution in [-0.4, -0.2) is 47.3 Å². The lowest BCUT2D eigenvalue weighted by Crippen LogP contribution is -2.29. The Bertz CT molecular complexity index is 1340. The molecule has 0 atom stereocenters. The van der Waals surface area contributed by atoms with Crippen molar-refractivity contribution in [2.45, 2.75) is 46.3 Å². The normalized spacial score (nSPS) is 16.2. The predicted molar refractivity (Wildman–Crippen MR) is 137 cm³/mol. The Balaban J connectivity index is 1.81. The molecule has 0 spiro atoms. The molecule has 3 rings (SSSR count). The van der Waals surface area contributed by atoms with Gasteiger partial charge in [-0.05, 0) is 54.7 Å². The van der Waals surface area contributed by atoms with E-state index in [1.165, 1.54) is 13.1 Å². The topological polar surface area (TPSA) is 87.3 Å². The van der Waals surface area contributed by atoms with Gasteiger partial charge >= 0.3 is 6.18 Å². The predicted octanol–water partition coefficient (Wildman–Crippen LogP) is 4.68. The molecule has 0 unspecified atom stereocenters. The number of nitrogens with one attached hydrogen (secondary N) is 2. The third-order valence-corrected chi connectivity index (χ3v) is 5.92. The third kappa shape index (κ3) is 6.84. The molecule has 2 N–H and O–H groups in total. The van der Waals surface area contributed by atoms with Gasteiger partial charge in [0.1, 0.15) is 5.69 Å². The number of hydrogen-bond donors (Lipinski definition) is 2. The van der Waals surface area contributed by atoms with E-state index in [4.69, 9.17) is 4.84 Å². The Hall–Kier alpha value is -3.50. The van der Waals surface area contributed by atoms with E-state index in [-0.39, 0.29) is 18.6 Å². The number of fused-ring (bicyclic) bond motifs is 1. The molecule has 1 aliphatic heterocycles. The lowest BCUT2D eigenvalue weighted by atomic mass is 9.96. The monoisotopic (exact) mass is 516 g/mol. The van der Waals surface area contributed by atoms with Crippen LogP contribution in [0, 0.1) is 0 Å². The minimum atomic E-state index is -4.71. The first kappa shape index (κ1) is 28.1. The minimum absolute atomic E-state index is 0.0694. The van der Waals surface area contributed by atoms with Gasteiger partial charge in [-0.3, -0.25) is 14.4 Å². The van der Waals surface area contributed by atoms with Crippen molar-refractivity contribution in [3.8, 4) is 0 Å². The Morgan fingerprint density at radius 3 is 2.62 bits per heavy atom. The number of nitrogens with zero attached hydrogens (tertiary/aromatic N) is 2. The summed E-state index contributed by atoms with van der Waals surface area (Å²) >= 11 is 0. The highest BCUT2D eigenvalue weighted by molar-refractivity contribution is 5.98. The number of halogens is 3. The Kier molecular flexibility index (Phi) is 9.23. The molecule has 1 aliphatic rings. The van der Waals surface area contributed by atoms with Gasteiger partial charge in [0.25, 0.3) is 11.5 Å². The maximum atomic E-state index is 13.9. The van der Waals surface area contributed by atoms with Crippen LogP contribution in [0.1, 0.15) is 38.4 Å². The number of benzene rings is 1. The van der Waals surface area contributed by atoms with E-state index < -0.39 is 23.2 Å². The van der Waals surface area contributed by atoms with Crippen LogP contribution in [0.4, 0.5) is 13.2 Å². The number of aromatic amines is 1. The zero-order chi connectivity index (χ0) is 27.2. The number of hydroxylamine groups is 2. The van der Waals surface area contributed by atoms with Crippen molar-refractivity contribution in [1.29, 1.82) is 0 Å². The molecule has 1 aromatic carbocycles. The molecule has 1 aromatic heterocycles. The molecule has 0 aliphatic carbocycles. The second kappa shape index (κ2) is 12.2. The van der Waals surface area contributed by atoms with Gasteiger partial charge in [0.2, 0.25) is 0 Å². The van der Waals surface area contributed by atoms with Crippen LogP contribution >= 0.6 is 0 Å². The Morgan fingerprint density at radius 1 is 1.30 bits per heavy atom. The van der Waals surface area contributed by atoms with Gasteiger partial charge in [0.05, 0.1) is 23.2 Å². The Labute approximate surface area is 213 Å². The van der Waals surface area contributed by atoms with Crippen molar-refractivity contribution in [2.75, 3.05) is 20.2 Å². The second-order valence-electron chi connectivity index (χ2n) is 8.45. The number of aryl methyl sites for hydroxylation is 1. The fraction of sp³-hybridized carbons (Fsp3) is 0.370. The highest BCUT2D eigenvalue weighted by Gasteiger charge is 2.38. The fourth-order valence-electron chi connectivity index (χ4n) is 4.00. The smallest absolute Gasteiger partial charge is 0.355 e. The number of rotatable bonds is 8. The maximum Gasteiger partial charge on any atom is 0.417 e. The summed E-state index contributed by atoms with van der Waals surface area (Å²) in [5.74, 6) is -0.793. The summed E-state index contributed by atoms with van der Waals surface area (Å²) in [5.41, 5.74) is 1.98. The summed E-state index contributed by atoms with van der Waals surface area (Å²) in [6.07, 6.45) is 1.76. The van der Waals surface area contributed by atoms with E-state index in [1.807, 2.05) is 31.2 Å². The molecular weight excluding hydrogens is 485 g/mol. The molecule has 7 nitrogen and oxygen atoms in total. The van der Waals surface area contributed by atoms with Crippen LogP contribution in [0.5, 0.6) is 0 Å². The van der Waals surface area contributed by atoms with E-state index in [2.05, 4.69) is 15.3 Å². The van der Waals surface area contributed by atoms with Crippen molar-refractivity contribution in [3.05, 3.63) is 86.4 Å². The zero-order valence-corrected chi connectivity index (χ0v) is 21.3. The van der Waals surface area contributed by atoms with E-state index in [9.17, 15) is 22.8 Å². The number of amides is 1. The largest absolute Gasteiger partial charge is 0.417 e. The molecule has 1 amide bonds. The minimum Gasteiger partial charge on any atom is -0.355 e. The van der Waals surface area contributed by atoms with E-state index in [0.29, 0.717) is 47.4 Å². The van der Waals surface area contributed by atoms with Gasteiger partial charge < -0.3 is 10.3 Å². The van der Waals surface area contributed by atoms with Crippen molar-refractivity contribution in [2.24, 2.45) is 0 Å². The maximum absolute atomic E-state index is 13.9. The molecule has 10 heteroatoms. The third-order valence-electron chi connectivity index (χ3n) is 5.92. The average Bonchev–Trinajstić information content (AvgIpc) is 2.87. The number of carbonyl (C=O) groups is 1. The zero-order valence-electron chi connectivity index (χ0n) is 21.3. The highest BCUT2D eigenvalue weighted by atomic mass is 19.4. The van der Waals surface area contributed by atoms with E-state index in [0.717, 1.165) is 11.6 Å². The first-order valence-electron chi connectivity index (χ1n) is 12.1. The number of aromatic nitrogens is 2. The van der Waals surface area contributed by atoms with Crippen LogP contribution in [0.25, 0.3) is 11.0 Å². The molecule has 0 saturated carbocycles. The number of hydrogen-bond acceptors (Lipinski definition) is 5. The van der Waals surface area contributed by atoms with Crippen LogP contribution in [-0.2, 0) is 22.6 Å². The summed E-state index contributed by atoms with van der Waals surface area (Å²) in [4.78, 5) is 37.3. The summed E-state index contributed by atoms with van der Waals surface area (Å²) < 4.78 is 41.8. The summed E-state index contributed by atoms with van der Waals surface area (Å²) in [5, 5.41) is 3.97. The van der Waals surface area contributed by atoms with E-state index in [1.54, 1.807) is 25.0 Å².